The Labute approximate surface area is 518 Å². The van der Waals surface area contributed by atoms with Crippen molar-refractivity contribution in [3.63, 3.8) is 0 Å². The fourth-order valence-electron chi connectivity index (χ4n) is 7.94. The number of esters is 2. The molecule has 474 valence electrons. The number of ether oxygens (including phenoxy) is 2. The Balaban J connectivity index is 4.11. The van der Waals surface area contributed by atoms with Crippen molar-refractivity contribution < 1.29 is 37.6 Å². The van der Waals surface area contributed by atoms with Gasteiger partial charge in [-0.3, -0.25) is 18.6 Å². The van der Waals surface area contributed by atoms with Gasteiger partial charge in [0.2, 0.25) is 0 Å². The highest BCUT2D eigenvalue weighted by Gasteiger charge is 2.26. The molecule has 0 rings (SSSR count). The zero-order valence-electron chi connectivity index (χ0n) is 53.0. The molecule has 9 nitrogen and oxygen atoms in total. The highest BCUT2D eigenvalue weighted by Crippen LogP contribution is 2.43. The predicted molar refractivity (Wildman–Crippen MR) is 366 cm³/mol. The molecular weight excluding hydrogens is 1070 g/mol. The molecule has 0 aliphatic heterocycles. The minimum Gasteiger partial charge on any atom is -0.462 e. The summed E-state index contributed by atoms with van der Waals surface area (Å²) >= 11 is 0. The van der Waals surface area contributed by atoms with Gasteiger partial charge in [-0.05, 0) is 148 Å². The van der Waals surface area contributed by atoms with Crippen molar-refractivity contribution in [2.24, 2.45) is 5.73 Å². The molecule has 0 fully saturated rings. The maximum Gasteiger partial charge on any atom is 0.472 e. The maximum atomic E-state index is 12.7. The van der Waals surface area contributed by atoms with E-state index in [9.17, 15) is 19.0 Å². The van der Waals surface area contributed by atoms with Gasteiger partial charge in [-0.1, -0.05) is 265 Å². The second kappa shape index (κ2) is 67.7. The summed E-state index contributed by atoms with van der Waals surface area (Å²) in [6.07, 6.45) is 105. The minimum absolute atomic E-state index is 0.0354. The molecule has 0 bridgehead atoms. The van der Waals surface area contributed by atoms with Gasteiger partial charge in [0.1, 0.15) is 6.61 Å². The first-order valence-corrected chi connectivity index (χ1v) is 34.1. The molecule has 2 atom stereocenters. The van der Waals surface area contributed by atoms with Crippen LogP contribution >= 0.6 is 7.82 Å². The van der Waals surface area contributed by atoms with E-state index in [1.807, 2.05) is 0 Å². The summed E-state index contributed by atoms with van der Waals surface area (Å²) in [4.78, 5) is 35.3. The normalized spacial score (nSPS) is 14.4. The van der Waals surface area contributed by atoms with Crippen molar-refractivity contribution >= 4 is 19.8 Å². The molecule has 0 radical (unpaired) electrons. The first-order valence-electron chi connectivity index (χ1n) is 32.6. The monoisotopic (exact) mass is 1190 g/mol. The van der Waals surface area contributed by atoms with Crippen LogP contribution in [0.1, 0.15) is 219 Å². The number of rotatable bonds is 58. The zero-order chi connectivity index (χ0) is 61.6. The smallest absolute Gasteiger partial charge is 0.462 e. The Morgan fingerprint density at radius 1 is 0.353 bits per heavy atom. The third kappa shape index (κ3) is 67.6. The van der Waals surface area contributed by atoms with Gasteiger partial charge < -0.3 is 20.1 Å². The first-order chi connectivity index (χ1) is 41.8. The summed E-state index contributed by atoms with van der Waals surface area (Å²) in [5.41, 5.74) is 5.39. The topological polar surface area (TPSA) is 134 Å². The predicted octanol–water partition coefficient (Wildman–Crippen LogP) is 21.5. The summed E-state index contributed by atoms with van der Waals surface area (Å²) < 4.78 is 33.1. The van der Waals surface area contributed by atoms with Gasteiger partial charge in [-0.25, -0.2) is 4.57 Å². The van der Waals surface area contributed by atoms with Gasteiger partial charge in [-0.15, -0.1) is 0 Å². The quantitative estimate of drug-likeness (QED) is 0.0264. The molecule has 0 heterocycles. The number of allylic oxidation sites excluding steroid dienone is 34. The lowest BCUT2D eigenvalue weighted by molar-refractivity contribution is -0.161. The number of unbranched alkanes of at least 4 members (excludes halogenated alkanes) is 11. The maximum absolute atomic E-state index is 12.7. The summed E-state index contributed by atoms with van der Waals surface area (Å²) in [7, 11) is -4.42. The Morgan fingerprint density at radius 2 is 0.612 bits per heavy atom. The largest absolute Gasteiger partial charge is 0.472 e. The van der Waals surface area contributed by atoms with E-state index in [4.69, 9.17) is 24.3 Å². The number of hydrogen-bond acceptors (Lipinski definition) is 8. The fourth-order valence-corrected chi connectivity index (χ4v) is 8.70. The number of nitrogens with two attached hydrogens (primary N) is 1. The van der Waals surface area contributed by atoms with Gasteiger partial charge in [0.25, 0.3) is 0 Å². The third-order valence-corrected chi connectivity index (χ3v) is 13.6. The summed E-state index contributed by atoms with van der Waals surface area (Å²) in [5.74, 6) is -0.888. The fraction of sp³-hybridized carbons (Fsp3) is 0.520. The highest BCUT2D eigenvalue weighted by atomic mass is 31.2. The van der Waals surface area contributed by atoms with Crippen LogP contribution in [0.25, 0.3) is 0 Å². The van der Waals surface area contributed by atoms with E-state index in [1.54, 1.807) is 0 Å². The Morgan fingerprint density at radius 3 is 0.906 bits per heavy atom. The Kier molecular flexibility index (Phi) is 63.4. The van der Waals surface area contributed by atoms with Crippen molar-refractivity contribution in [1.82, 2.24) is 0 Å². The van der Waals surface area contributed by atoms with E-state index < -0.39 is 32.5 Å². The van der Waals surface area contributed by atoms with Crippen LogP contribution < -0.4 is 5.73 Å². The van der Waals surface area contributed by atoms with E-state index in [-0.39, 0.29) is 32.6 Å². The highest BCUT2D eigenvalue weighted by molar-refractivity contribution is 7.47. The van der Waals surface area contributed by atoms with Gasteiger partial charge in [-0.2, -0.15) is 0 Å². The van der Waals surface area contributed by atoms with E-state index in [2.05, 4.69) is 220 Å². The van der Waals surface area contributed by atoms with Crippen LogP contribution in [0, 0.1) is 0 Å². The standard InChI is InChI=1S/C75H116NO8P/c1-3-5-7-9-11-13-15-17-19-21-23-25-27-29-31-33-34-35-36-37-38-40-42-44-46-48-50-52-54-56-58-60-62-64-66-68-75(78)84-73(72-83-85(79,80)82-70-69-76)71-81-74(77)67-65-63-61-59-57-55-53-51-49-47-45-43-41-39-32-30-28-26-24-22-20-18-16-14-12-10-8-6-4-2/h5-8,11-14,17-20,23-26,29-32,34-35,37-38,41-44,47-50,53,55,73H,3-4,9-10,15-16,21-22,27-28,33,36,39-40,45-46,51-52,54,56-72,76H2,1-2H3,(H,79,80)/b7-5-,8-6-,13-11-,14-12-,19-17-,20-18-,25-23-,26-24-,31-29-,32-30-,35-34-,38-37-,43-41-,44-42-,49-47-,50-48-,55-53-. The molecular formula is C75H116NO8P. The van der Waals surface area contributed by atoms with E-state index in [0.29, 0.717) is 12.8 Å². The molecule has 0 aliphatic carbocycles. The molecule has 0 amide bonds. The molecule has 85 heavy (non-hydrogen) atoms. The van der Waals surface area contributed by atoms with E-state index >= 15 is 0 Å². The van der Waals surface area contributed by atoms with Crippen LogP contribution in [0.5, 0.6) is 0 Å². The molecule has 2 unspecified atom stereocenters. The second-order valence-electron chi connectivity index (χ2n) is 20.5. The van der Waals surface area contributed by atoms with Gasteiger partial charge in [0.15, 0.2) is 6.10 Å². The number of hydrogen-bond donors (Lipinski definition) is 2. The molecule has 0 saturated heterocycles. The number of carbonyl (C=O) groups excluding carboxylic acids is 2. The van der Waals surface area contributed by atoms with Crippen LogP contribution in [-0.2, 0) is 32.7 Å². The molecule has 0 aromatic carbocycles. The zero-order valence-corrected chi connectivity index (χ0v) is 53.9. The average Bonchev–Trinajstić information content (AvgIpc) is 3.52. The van der Waals surface area contributed by atoms with Gasteiger partial charge >= 0.3 is 19.8 Å². The Hall–Kier alpha value is -5.41. The van der Waals surface area contributed by atoms with Crippen LogP contribution in [0.2, 0.25) is 0 Å². The van der Waals surface area contributed by atoms with Crippen molar-refractivity contribution in [3.05, 3.63) is 207 Å². The lowest BCUT2D eigenvalue weighted by Crippen LogP contribution is -2.29. The minimum atomic E-state index is -4.42. The average molecular weight is 1190 g/mol. The number of carbonyl (C=O) groups is 2. The molecule has 0 aromatic rings. The SMILES string of the molecule is CC/C=C\C/C=C\C/C=C\C/C=C\C/C=C\C/C=C\C/C=C\C/C=C\C/C=C\CCCCCCCCCC(=O)OC(COC(=O)CCCCCC/C=C\C/C=C\C/C=C\C/C=C\C/C=C\C/C=C\C/C=C\C/C=C\CC)COP(=O)(O)OCCN. The van der Waals surface area contributed by atoms with Crippen molar-refractivity contribution in [3.8, 4) is 0 Å². The van der Waals surface area contributed by atoms with Crippen molar-refractivity contribution in [1.29, 1.82) is 0 Å². The first kappa shape index (κ1) is 79.6. The molecule has 0 saturated carbocycles. The lowest BCUT2D eigenvalue weighted by Gasteiger charge is -2.19. The Bertz CT molecular complexity index is 2140. The summed E-state index contributed by atoms with van der Waals surface area (Å²) in [6.45, 7) is 3.44. The van der Waals surface area contributed by atoms with Crippen LogP contribution in [-0.4, -0.2) is 49.3 Å². The van der Waals surface area contributed by atoms with Crippen LogP contribution in [0.4, 0.5) is 0 Å². The van der Waals surface area contributed by atoms with Crippen LogP contribution in [0.3, 0.4) is 0 Å². The second-order valence-corrected chi connectivity index (χ2v) is 22.0. The summed E-state index contributed by atoms with van der Waals surface area (Å²) in [6, 6.07) is 0. The summed E-state index contributed by atoms with van der Waals surface area (Å²) in [5, 5.41) is 0. The molecule has 3 N–H and O–H groups in total. The molecule has 0 aromatic heterocycles. The number of phosphoric ester groups is 1. The van der Waals surface area contributed by atoms with E-state index in [0.717, 1.165) is 167 Å². The van der Waals surface area contributed by atoms with E-state index in [1.165, 1.54) is 12.8 Å². The van der Waals surface area contributed by atoms with Gasteiger partial charge in [0.05, 0.1) is 13.2 Å². The van der Waals surface area contributed by atoms with Crippen molar-refractivity contribution in [2.45, 2.75) is 225 Å². The molecule has 10 heteroatoms. The van der Waals surface area contributed by atoms with Gasteiger partial charge in [0, 0.05) is 19.4 Å². The van der Waals surface area contributed by atoms with Crippen molar-refractivity contribution in [2.75, 3.05) is 26.4 Å². The number of phosphoric acid groups is 1. The third-order valence-electron chi connectivity index (χ3n) is 12.7. The molecule has 0 spiro atoms. The van der Waals surface area contributed by atoms with Crippen LogP contribution in [0.15, 0.2) is 207 Å². The lowest BCUT2D eigenvalue weighted by atomic mass is 10.1. The molecule has 0 aliphatic rings.